The highest BCUT2D eigenvalue weighted by atomic mass is 32.5. The summed E-state index contributed by atoms with van der Waals surface area (Å²) in [6.45, 7) is -2.80. The van der Waals surface area contributed by atoms with Crippen LogP contribution in [0.1, 0.15) is 0 Å². The Balaban J connectivity index is 2.94. The minimum absolute atomic E-state index is 0.139. The van der Waals surface area contributed by atoms with Gasteiger partial charge in [-0.25, -0.2) is 13.1 Å². The Hall–Kier alpha value is -0.500. The quantitative estimate of drug-likeness (QED) is 0.802. The molecule has 0 bridgehead atoms. The highest BCUT2D eigenvalue weighted by Crippen LogP contribution is 2.48. The highest BCUT2D eigenvalue weighted by molar-refractivity contribution is 8.07. The van der Waals surface area contributed by atoms with E-state index in [4.69, 9.17) is 25.4 Å². The molecule has 1 N–H and O–H groups in total. The number of rotatable bonds is 6. The molecule has 0 spiro atoms. The van der Waals surface area contributed by atoms with Gasteiger partial charge in [0, 0.05) is 26.0 Å². The summed E-state index contributed by atoms with van der Waals surface area (Å²) >= 11 is 5.03. The van der Waals surface area contributed by atoms with Crippen molar-refractivity contribution in [1.82, 2.24) is 4.72 Å². The van der Waals surface area contributed by atoms with Gasteiger partial charge < -0.3 is 13.6 Å². The molecule has 0 aliphatic rings. The third-order valence-electron chi connectivity index (χ3n) is 2.07. The summed E-state index contributed by atoms with van der Waals surface area (Å²) in [6.07, 6.45) is 0. The van der Waals surface area contributed by atoms with Crippen LogP contribution in [0.25, 0.3) is 0 Å². The molecule has 0 aromatic heterocycles. The van der Waals surface area contributed by atoms with Gasteiger partial charge in [-0.2, -0.15) is 0 Å². The number of benzene rings is 1. The van der Waals surface area contributed by atoms with Crippen LogP contribution in [0.4, 0.5) is 0 Å². The van der Waals surface area contributed by atoms with Gasteiger partial charge in [0.05, 0.1) is 4.90 Å². The van der Waals surface area contributed by atoms with Crippen LogP contribution < -0.4 is 9.25 Å². The third-order valence-corrected chi connectivity index (χ3v) is 5.94. The van der Waals surface area contributed by atoms with E-state index in [0.29, 0.717) is 5.75 Å². The van der Waals surface area contributed by atoms with E-state index >= 15 is 0 Å². The maximum atomic E-state index is 11.5. The average Bonchev–Trinajstić information content (AvgIpc) is 2.39. The second kappa shape index (κ2) is 6.10. The summed E-state index contributed by atoms with van der Waals surface area (Å²) in [5.41, 5.74) is 0. The first-order valence-corrected chi connectivity index (χ1v) is 8.85. The van der Waals surface area contributed by atoms with E-state index < -0.39 is 16.7 Å². The van der Waals surface area contributed by atoms with Crippen LogP contribution >= 0.6 is 6.72 Å². The van der Waals surface area contributed by atoms with Gasteiger partial charge in [0.25, 0.3) is 0 Å². The Morgan fingerprint density at radius 1 is 1.17 bits per heavy atom. The van der Waals surface area contributed by atoms with Crippen LogP contribution in [-0.4, -0.2) is 29.7 Å². The van der Waals surface area contributed by atoms with Gasteiger partial charge in [-0.1, -0.05) is 0 Å². The maximum absolute atomic E-state index is 11.5. The molecule has 1 aromatic carbocycles. The van der Waals surface area contributed by atoms with E-state index in [-0.39, 0.29) is 4.90 Å². The molecule has 0 unspecified atom stereocenters. The molecule has 0 saturated carbocycles. The van der Waals surface area contributed by atoms with E-state index in [9.17, 15) is 8.42 Å². The fraction of sp³-hybridized carbons (Fsp3) is 0.333. The molecule has 18 heavy (non-hydrogen) atoms. The van der Waals surface area contributed by atoms with E-state index in [1.165, 1.54) is 45.5 Å². The molecule has 9 heteroatoms. The maximum Gasteiger partial charge on any atom is 0.380 e. The minimum Gasteiger partial charge on any atom is -0.424 e. The second-order valence-electron chi connectivity index (χ2n) is 3.08. The molecule has 0 amide bonds. The van der Waals surface area contributed by atoms with Gasteiger partial charge in [0.1, 0.15) is 5.75 Å². The van der Waals surface area contributed by atoms with Gasteiger partial charge >= 0.3 is 6.72 Å². The van der Waals surface area contributed by atoms with Crippen molar-refractivity contribution in [3.63, 3.8) is 0 Å². The molecular formula is C9H14NO5PS2. The third kappa shape index (κ3) is 3.74. The van der Waals surface area contributed by atoms with E-state index in [2.05, 4.69) is 4.72 Å². The van der Waals surface area contributed by atoms with Crippen molar-refractivity contribution in [3.8, 4) is 5.75 Å². The minimum atomic E-state index is -3.45. The normalized spacial score (nSPS) is 12.4. The lowest BCUT2D eigenvalue weighted by atomic mass is 10.3. The number of hydrogen-bond donors (Lipinski definition) is 1. The zero-order valence-electron chi connectivity index (χ0n) is 10.1. The topological polar surface area (TPSA) is 73.9 Å². The monoisotopic (exact) mass is 311 g/mol. The predicted octanol–water partition coefficient (Wildman–Crippen LogP) is 1.49. The van der Waals surface area contributed by atoms with Crippen molar-refractivity contribution < 1.29 is 22.0 Å². The van der Waals surface area contributed by atoms with Crippen molar-refractivity contribution in [2.45, 2.75) is 4.90 Å². The lowest BCUT2D eigenvalue weighted by Gasteiger charge is -2.18. The van der Waals surface area contributed by atoms with Crippen LogP contribution in [0.5, 0.6) is 5.75 Å². The Morgan fingerprint density at radius 2 is 1.67 bits per heavy atom. The first kappa shape index (κ1) is 15.6. The average molecular weight is 311 g/mol. The molecule has 0 radical (unpaired) electrons. The molecule has 0 aliphatic carbocycles. The fourth-order valence-electron chi connectivity index (χ4n) is 1.08. The molecule has 0 atom stereocenters. The summed E-state index contributed by atoms with van der Waals surface area (Å²) in [5.74, 6) is 0.386. The largest absolute Gasteiger partial charge is 0.424 e. The summed E-state index contributed by atoms with van der Waals surface area (Å²) in [4.78, 5) is 0.139. The van der Waals surface area contributed by atoms with Gasteiger partial charge in [0.2, 0.25) is 10.0 Å². The first-order chi connectivity index (χ1) is 8.37. The van der Waals surface area contributed by atoms with Crippen molar-refractivity contribution in [2.24, 2.45) is 0 Å². The van der Waals surface area contributed by atoms with Gasteiger partial charge in [-0.3, -0.25) is 0 Å². The van der Waals surface area contributed by atoms with Gasteiger partial charge in [0.15, 0.2) is 0 Å². The Bertz CT molecular complexity index is 535. The number of hydrogen-bond acceptors (Lipinski definition) is 6. The Labute approximate surface area is 112 Å². The first-order valence-electron chi connectivity index (χ1n) is 4.81. The second-order valence-corrected chi connectivity index (χ2v) is 8.12. The van der Waals surface area contributed by atoms with Crippen molar-refractivity contribution >= 4 is 28.5 Å². The zero-order chi connectivity index (χ0) is 13.8. The fourth-order valence-corrected chi connectivity index (χ4v) is 2.74. The number of sulfonamides is 1. The molecule has 1 aromatic rings. The van der Waals surface area contributed by atoms with E-state index in [1.807, 2.05) is 0 Å². The van der Waals surface area contributed by atoms with E-state index in [0.717, 1.165) is 0 Å². The Morgan fingerprint density at radius 3 is 2.06 bits per heavy atom. The number of nitrogens with one attached hydrogen (secondary N) is 1. The molecule has 0 fully saturated rings. The zero-order valence-corrected chi connectivity index (χ0v) is 12.6. The highest BCUT2D eigenvalue weighted by Gasteiger charge is 2.19. The van der Waals surface area contributed by atoms with Crippen LogP contribution in [0.15, 0.2) is 29.2 Å². The summed E-state index contributed by atoms with van der Waals surface area (Å²) < 4.78 is 40.5. The van der Waals surface area contributed by atoms with Crippen molar-refractivity contribution in [1.29, 1.82) is 0 Å². The SMILES string of the molecule is CNS(=O)(=O)c1ccc(OP(=S)(OC)OC)cc1. The van der Waals surface area contributed by atoms with Crippen molar-refractivity contribution in [2.75, 3.05) is 21.3 Å². The molecule has 102 valence electrons. The van der Waals surface area contributed by atoms with E-state index in [1.54, 1.807) is 0 Å². The lowest BCUT2D eigenvalue weighted by Crippen LogP contribution is -2.18. The molecular weight excluding hydrogens is 297 g/mol. The molecule has 6 nitrogen and oxygen atoms in total. The van der Waals surface area contributed by atoms with Crippen molar-refractivity contribution in [3.05, 3.63) is 24.3 Å². The van der Waals surface area contributed by atoms with Gasteiger partial charge in [-0.15, -0.1) is 0 Å². The molecule has 0 aliphatic heterocycles. The predicted molar refractivity (Wildman–Crippen MR) is 71.6 cm³/mol. The van der Waals surface area contributed by atoms with Crippen LogP contribution in [0.2, 0.25) is 0 Å². The standard InChI is InChI=1S/C9H14NO5PS2/c1-10-18(11,12)9-6-4-8(5-7-9)15-16(17,13-2)14-3/h4-7,10H,1-3H3. The molecule has 1 rings (SSSR count). The summed E-state index contributed by atoms with van der Waals surface area (Å²) in [5, 5.41) is 0. The smallest absolute Gasteiger partial charge is 0.380 e. The molecule has 0 saturated heterocycles. The van der Waals surface area contributed by atoms with Gasteiger partial charge in [-0.05, 0) is 31.3 Å². The van der Waals surface area contributed by atoms with Crippen LogP contribution in [0, 0.1) is 0 Å². The Kier molecular flexibility index (Phi) is 5.27. The summed E-state index contributed by atoms with van der Waals surface area (Å²) in [7, 11) is 0.674. The van der Waals surface area contributed by atoms with Crippen LogP contribution in [-0.2, 0) is 30.9 Å². The lowest BCUT2D eigenvalue weighted by molar-refractivity contribution is 0.273. The summed E-state index contributed by atoms with van der Waals surface area (Å²) in [6, 6.07) is 5.80. The molecule has 0 heterocycles. The van der Waals surface area contributed by atoms with Crippen LogP contribution in [0.3, 0.4) is 0 Å².